The minimum absolute atomic E-state index is 0.119. The molecule has 126 valence electrons. The Bertz CT molecular complexity index is 982. The van der Waals surface area contributed by atoms with Gasteiger partial charge in [0.1, 0.15) is 12.0 Å². The van der Waals surface area contributed by atoms with Gasteiger partial charge in [0.15, 0.2) is 0 Å². The standard InChI is InChI=1S/C15H12N6O3S/c22-14(19-20-9-16-18-15(20)25)10-6-7-12(13(8-10)21(23)24)17-11-4-2-1-3-5-11/h1-9,17H,(H,18,25)(H,19,22). The van der Waals surface area contributed by atoms with Gasteiger partial charge in [0.2, 0.25) is 4.77 Å². The summed E-state index contributed by atoms with van der Waals surface area (Å²) in [5.74, 6) is -0.549. The van der Waals surface area contributed by atoms with Crippen LogP contribution in [0, 0.1) is 14.9 Å². The lowest BCUT2D eigenvalue weighted by atomic mass is 10.1. The van der Waals surface area contributed by atoms with Crippen molar-refractivity contribution >= 4 is 35.2 Å². The first-order chi connectivity index (χ1) is 12.0. The molecule has 3 N–H and O–H groups in total. The molecule has 0 aliphatic carbocycles. The molecule has 9 nitrogen and oxygen atoms in total. The largest absolute Gasteiger partial charge is 0.350 e. The number of H-pyrrole nitrogens is 1. The van der Waals surface area contributed by atoms with Crippen molar-refractivity contribution < 1.29 is 9.72 Å². The number of carbonyl (C=O) groups is 1. The SMILES string of the molecule is O=C(Nn1cn[nH]c1=S)c1ccc(Nc2ccccc2)c([N+](=O)[O-])c1. The molecule has 0 spiro atoms. The number of nitro benzene ring substituents is 1. The van der Waals surface area contributed by atoms with Gasteiger partial charge in [-0.3, -0.25) is 25.4 Å². The van der Waals surface area contributed by atoms with E-state index < -0.39 is 10.8 Å². The Hall–Kier alpha value is -3.53. The number of anilines is 2. The number of hydrogen-bond donors (Lipinski definition) is 3. The average Bonchev–Trinajstić information content (AvgIpc) is 3.00. The first-order valence-electron chi connectivity index (χ1n) is 7.08. The zero-order valence-electron chi connectivity index (χ0n) is 12.7. The summed E-state index contributed by atoms with van der Waals surface area (Å²) in [6.45, 7) is 0. The second-order valence-electron chi connectivity index (χ2n) is 4.95. The molecule has 0 saturated heterocycles. The highest BCUT2D eigenvalue weighted by Crippen LogP contribution is 2.28. The molecule has 1 amide bonds. The Balaban J connectivity index is 1.88. The summed E-state index contributed by atoms with van der Waals surface area (Å²) in [5, 5.41) is 20.5. The van der Waals surface area contributed by atoms with Gasteiger partial charge in [0, 0.05) is 17.3 Å². The van der Waals surface area contributed by atoms with Crippen LogP contribution in [-0.2, 0) is 0 Å². The number of nitrogens with zero attached hydrogens (tertiary/aromatic N) is 3. The van der Waals surface area contributed by atoms with E-state index in [9.17, 15) is 14.9 Å². The number of aromatic nitrogens is 3. The highest BCUT2D eigenvalue weighted by molar-refractivity contribution is 7.71. The van der Waals surface area contributed by atoms with Crippen LogP contribution >= 0.6 is 12.2 Å². The van der Waals surface area contributed by atoms with E-state index in [1.807, 2.05) is 18.2 Å². The molecule has 0 unspecified atom stereocenters. The first-order valence-corrected chi connectivity index (χ1v) is 7.49. The Morgan fingerprint density at radius 1 is 1.24 bits per heavy atom. The van der Waals surface area contributed by atoms with E-state index in [-0.39, 0.29) is 21.7 Å². The normalized spacial score (nSPS) is 10.2. The van der Waals surface area contributed by atoms with Gasteiger partial charge < -0.3 is 5.32 Å². The molecule has 0 radical (unpaired) electrons. The summed E-state index contributed by atoms with van der Waals surface area (Å²) in [6, 6.07) is 13.2. The van der Waals surface area contributed by atoms with Crippen LogP contribution in [0.1, 0.15) is 10.4 Å². The number of benzene rings is 2. The summed E-state index contributed by atoms with van der Waals surface area (Å²) in [5.41, 5.74) is 3.37. The molecule has 2 aromatic carbocycles. The van der Waals surface area contributed by atoms with Crippen LogP contribution in [-0.4, -0.2) is 25.7 Å². The van der Waals surface area contributed by atoms with Crippen molar-refractivity contribution in [3.8, 4) is 0 Å². The second-order valence-corrected chi connectivity index (χ2v) is 5.34. The molecule has 0 bridgehead atoms. The molecule has 0 atom stereocenters. The molecule has 1 aromatic heterocycles. The third kappa shape index (κ3) is 3.70. The molecule has 0 saturated carbocycles. The highest BCUT2D eigenvalue weighted by atomic mass is 32.1. The molecule has 3 rings (SSSR count). The third-order valence-corrected chi connectivity index (χ3v) is 3.57. The predicted octanol–water partition coefficient (Wildman–Crippen LogP) is 2.98. The fourth-order valence-electron chi connectivity index (χ4n) is 2.11. The molecule has 0 aliphatic rings. The van der Waals surface area contributed by atoms with E-state index in [2.05, 4.69) is 20.9 Å². The van der Waals surface area contributed by atoms with Crippen molar-refractivity contribution in [2.45, 2.75) is 0 Å². The molecule has 0 fully saturated rings. The maximum absolute atomic E-state index is 12.2. The fourth-order valence-corrected chi connectivity index (χ4v) is 2.25. The molecular formula is C15H12N6O3S. The van der Waals surface area contributed by atoms with Gasteiger partial charge in [-0.05, 0) is 36.5 Å². The number of carbonyl (C=O) groups excluding carboxylic acids is 1. The van der Waals surface area contributed by atoms with Gasteiger partial charge in [-0.15, -0.1) is 0 Å². The van der Waals surface area contributed by atoms with Gasteiger partial charge in [0.25, 0.3) is 11.6 Å². The number of nitrogens with one attached hydrogen (secondary N) is 3. The lowest BCUT2D eigenvalue weighted by Gasteiger charge is -2.09. The maximum Gasteiger partial charge on any atom is 0.293 e. The monoisotopic (exact) mass is 356 g/mol. The van der Waals surface area contributed by atoms with Gasteiger partial charge >= 0.3 is 0 Å². The van der Waals surface area contributed by atoms with E-state index in [4.69, 9.17) is 12.2 Å². The summed E-state index contributed by atoms with van der Waals surface area (Å²) < 4.78 is 1.41. The number of hydrogen-bond acceptors (Lipinski definition) is 6. The number of amides is 1. The Labute approximate surface area is 146 Å². The minimum atomic E-state index is -0.550. The van der Waals surface area contributed by atoms with Crippen molar-refractivity contribution in [3.63, 3.8) is 0 Å². The Morgan fingerprint density at radius 2 is 2.00 bits per heavy atom. The first kappa shape index (κ1) is 16.3. The number of nitro groups is 1. The maximum atomic E-state index is 12.2. The van der Waals surface area contributed by atoms with E-state index >= 15 is 0 Å². The van der Waals surface area contributed by atoms with Gasteiger partial charge in [-0.25, -0.2) is 4.68 Å². The molecule has 10 heteroatoms. The summed E-state index contributed by atoms with van der Waals surface area (Å²) in [7, 11) is 0. The van der Waals surface area contributed by atoms with E-state index in [1.165, 1.54) is 29.2 Å². The molecule has 3 aromatic rings. The van der Waals surface area contributed by atoms with Crippen LogP contribution in [0.2, 0.25) is 0 Å². The third-order valence-electron chi connectivity index (χ3n) is 3.28. The number of aromatic amines is 1. The van der Waals surface area contributed by atoms with Crippen molar-refractivity contribution in [3.05, 3.63) is 75.3 Å². The Morgan fingerprint density at radius 3 is 2.64 bits per heavy atom. The Kier molecular flexibility index (Phi) is 4.53. The van der Waals surface area contributed by atoms with E-state index in [0.717, 1.165) is 0 Å². The smallest absolute Gasteiger partial charge is 0.293 e. The molecule has 0 aliphatic heterocycles. The predicted molar refractivity (Wildman–Crippen MR) is 93.9 cm³/mol. The van der Waals surface area contributed by atoms with Crippen molar-refractivity contribution in [2.24, 2.45) is 0 Å². The lowest BCUT2D eigenvalue weighted by Crippen LogP contribution is -2.22. The number of rotatable bonds is 5. The van der Waals surface area contributed by atoms with Crippen molar-refractivity contribution in [1.29, 1.82) is 0 Å². The van der Waals surface area contributed by atoms with E-state index in [0.29, 0.717) is 5.69 Å². The molecule has 1 heterocycles. The second kappa shape index (κ2) is 6.93. The van der Waals surface area contributed by atoms with Gasteiger partial charge in [-0.1, -0.05) is 18.2 Å². The summed E-state index contributed by atoms with van der Waals surface area (Å²) in [6.07, 6.45) is 1.29. The van der Waals surface area contributed by atoms with Gasteiger partial charge in [-0.2, -0.15) is 5.10 Å². The average molecular weight is 356 g/mol. The zero-order chi connectivity index (χ0) is 17.8. The highest BCUT2D eigenvalue weighted by Gasteiger charge is 2.18. The minimum Gasteiger partial charge on any atom is -0.350 e. The van der Waals surface area contributed by atoms with Crippen LogP contribution in [0.5, 0.6) is 0 Å². The lowest BCUT2D eigenvalue weighted by molar-refractivity contribution is -0.383. The van der Waals surface area contributed by atoms with Crippen LogP contribution in [0.4, 0.5) is 17.1 Å². The topological polar surface area (TPSA) is 118 Å². The molecular weight excluding hydrogens is 344 g/mol. The van der Waals surface area contributed by atoms with Crippen LogP contribution < -0.4 is 10.7 Å². The zero-order valence-corrected chi connectivity index (χ0v) is 13.5. The summed E-state index contributed by atoms with van der Waals surface area (Å²) >= 11 is 4.93. The molecule has 25 heavy (non-hydrogen) atoms. The fraction of sp³-hybridized carbons (Fsp3) is 0. The summed E-state index contributed by atoms with van der Waals surface area (Å²) in [4.78, 5) is 23.1. The van der Waals surface area contributed by atoms with Gasteiger partial charge in [0.05, 0.1) is 4.92 Å². The van der Waals surface area contributed by atoms with E-state index in [1.54, 1.807) is 12.1 Å². The number of para-hydroxylation sites is 1. The quantitative estimate of drug-likeness (QED) is 0.367. The van der Waals surface area contributed by atoms with Crippen LogP contribution in [0.25, 0.3) is 0 Å². The van der Waals surface area contributed by atoms with Crippen LogP contribution in [0.3, 0.4) is 0 Å². The van der Waals surface area contributed by atoms with Crippen LogP contribution in [0.15, 0.2) is 54.9 Å². The van der Waals surface area contributed by atoms with Crippen molar-refractivity contribution in [2.75, 3.05) is 10.7 Å². The van der Waals surface area contributed by atoms with Crippen molar-refractivity contribution in [1.82, 2.24) is 14.9 Å².